The quantitative estimate of drug-likeness (QED) is 0.262. The van der Waals surface area contributed by atoms with Crippen LogP contribution < -0.4 is 4.90 Å². The summed E-state index contributed by atoms with van der Waals surface area (Å²) in [6, 6.07) is 45.9. The molecule has 0 saturated carbocycles. The predicted octanol–water partition coefficient (Wildman–Crippen LogP) is 9.11. The van der Waals surface area contributed by atoms with Crippen LogP contribution in [-0.4, -0.2) is 4.57 Å². The summed E-state index contributed by atoms with van der Waals surface area (Å²) in [7, 11) is 2.19. The van der Waals surface area contributed by atoms with Gasteiger partial charge < -0.3 is 9.47 Å². The van der Waals surface area contributed by atoms with Crippen LogP contribution in [0.2, 0.25) is 0 Å². The second-order valence-electron chi connectivity index (χ2n) is 9.15. The average Bonchev–Trinajstić information content (AvgIpc) is 3.20. The Morgan fingerprint density at radius 1 is 0.486 bits per heavy atom. The number of anilines is 3. The molecule has 2 heteroatoms. The van der Waals surface area contributed by atoms with Crippen molar-refractivity contribution in [3.63, 3.8) is 0 Å². The summed E-state index contributed by atoms with van der Waals surface area (Å²) in [6.07, 6.45) is 0. The maximum Gasteiger partial charge on any atom is 0.0733 e. The first-order chi connectivity index (χ1) is 17.3. The Kier molecular flexibility index (Phi) is 4.40. The summed E-state index contributed by atoms with van der Waals surface area (Å²) in [5.41, 5.74) is 5.95. The van der Waals surface area contributed by atoms with Gasteiger partial charge >= 0.3 is 0 Å². The van der Waals surface area contributed by atoms with Gasteiger partial charge in [0.1, 0.15) is 0 Å². The van der Waals surface area contributed by atoms with E-state index < -0.39 is 0 Å². The molecule has 166 valence electrons. The number of aromatic nitrogens is 1. The average molecular weight is 449 g/mol. The van der Waals surface area contributed by atoms with Crippen molar-refractivity contribution in [3.05, 3.63) is 127 Å². The van der Waals surface area contributed by atoms with Gasteiger partial charge in [0.15, 0.2) is 0 Å². The van der Waals surface area contributed by atoms with Crippen LogP contribution in [0.1, 0.15) is 0 Å². The van der Waals surface area contributed by atoms with E-state index in [1.165, 1.54) is 49.0 Å². The van der Waals surface area contributed by atoms with E-state index in [4.69, 9.17) is 0 Å². The monoisotopic (exact) mass is 448 g/mol. The number of nitrogens with zero attached hydrogens (tertiary/aromatic N) is 2. The van der Waals surface area contributed by atoms with Crippen molar-refractivity contribution >= 4 is 60.4 Å². The van der Waals surface area contributed by atoms with E-state index >= 15 is 0 Å². The van der Waals surface area contributed by atoms with E-state index in [0.717, 1.165) is 11.4 Å². The lowest BCUT2D eigenvalue weighted by Crippen LogP contribution is -2.11. The Labute approximate surface area is 204 Å². The van der Waals surface area contributed by atoms with Crippen molar-refractivity contribution in [2.75, 3.05) is 4.90 Å². The molecule has 0 aliphatic heterocycles. The number of aryl methyl sites for hydroxylation is 1. The summed E-state index contributed by atoms with van der Waals surface area (Å²) in [5, 5.41) is 7.58. The van der Waals surface area contributed by atoms with Gasteiger partial charge in [-0.15, -0.1) is 0 Å². The minimum atomic E-state index is 1.14. The highest BCUT2D eigenvalue weighted by Crippen LogP contribution is 2.42. The van der Waals surface area contributed by atoms with Crippen molar-refractivity contribution < 1.29 is 0 Å². The van der Waals surface area contributed by atoms with Gasteiger partial charge in [0, 0.05) is 34.7 Å². The highest BCUT2D eigenvalue weighted by Gasteiger charge is 2.19. The highest BCUT2D eigenvalue weighted by atomic mass is 15.2. The largest absolute Gasteiger partial charge is 0.342 e. The summed E-state index contributed by atoms with van der Waals surface area (Å²) >= 11 is 0. The molecule has 0 saturated heterocycles. The van der Waals surface area contributed by atoms with E-state index in [0.29, 0.717) is 0 Å². The fourth-order valence-corrected chi connectivity index (χ4v) is 5.44. The third-order valence-electron chi connectivity index (χ3n) is 7.11. The Bertz CT molecular complexity index is 1860. The SMILES string of the molecule is Cn1c2cc3ccccc3cc2c2cccc(N(c3ccccc3)c3ccc4ccccc4c3)c21. The fourth-order valence-electron chi connectivity index (χ4n) is 5.44. The Morgan fingerprint density at radius 2 is 1.14 bits per heavy atom. The molecule has 0 bridgehead atoms. The molecule has 0 amide bonds. The first-order valence-electron chi connectivity index (χ1n) is 12.0. The standard InChI is InChI=1S/C33H24N2/c1-34-32-22-26-13-8-7-12-25(26)21-30(32)29-16-9-17-31(33(29)34)35(27-14-3-2-4-15-27)28-19-18-23-10-5-6-11-24(23)20-28/h2-22H,1H3. The summed E-state index contributed by atoms with van der Waals surface area (Å²) in [6.45, 7) is 0. The van der Waals surface area contributed by atoms with Gasteiger partial charge in [-0.3, -0.25) is 0 Å². The van der Waals surface area contributed by atoms with Crippen molar-refractivity contribution in [1.82, 2.24) is 4.57 Å². The van der Waals surface area contributed by atoms with E-state index in [2.05, 4.69) is 144 Å². The molecule has 0 N–H and O–H groups in total. The van der Waals surface area contributed by atoms with Crippen LogP contribution in [0.25, 0.3) is 43.4 Å². The number of fused-ring (bicyclic) bond motifs is 5. The molecule has 2 nitrogen and oxygen atoms in total. The number of hydrogen-bond acceptors (Lipinski definition) is 1. The Balaban J connectivity index is 1.55. The van der Waals surface area contributed by atoms with Gasteiger partial charge in [0.25, 0.3) is 0 Å². The van der Waals surface area contributed by atoms with Crippen LogP contribution >= 0.6 is 0 Å². The van der Waals surface area contributed by atoms with Crippen LogP contribution in [0.5, 0.6) is 0 Å². The third-order valence-corrected chi connectivity index (χ3v) is 7.11. The summed E-state index contributed by atoms with van der Waals surface area (Å²) in [5.74, 6) is 0. The van der Waals surface area contributed by atoms with Crippen molar-refractivity contribution in [3.8, 4) is 0 Å². The molecular formula is C33H24N2. The molecule has 0 aliphatic rings. The first kappa shape index (κ1) is 19.9. The van der Waals surface area contributed by atoms with Crippen LogP contribution in [0.4, 0.5) is 17.1 Å². The zero-order chi connectivity index (χ0) is 23.4. The Morgan fingerprint density at radius 3 is 1.91 bits per heavy atom. The smallest absolute Gasteiger partial charge is 0.0733 e. The molecule has 7 rings (SSSR count). The zero-order valence-corrected chi connectivity index (χ0v) is 19.5. The van der Waals surface area contributed by atoms with E-state index in [9.17, 15) is 0 Å². The molecule has 0 fully saturated rings. The molecule has 1 aromatic heterocycles. The molecule has 0 aliphatic carbocycles. The topological polar surface area (TPSA) is 8.17 Å². The third kappa shape index (κ3) is 3.11. The lowest BCUT2D eigenvalue weighted by molar-refractivity contribution is 1.01. The fraction of sp³-hybridized carbons (Fsp3) is 0.0303. The second kappa shape index (κ2) is 7.75. The maximum atomic E-state index is 2.38. The van der Waals surface area contributed by atoms with Crippen LogP contribution in [-0.2, 0) is 7.05 Å². The van der Waals surface area contributed by atoms with Gasteiger partial charge in [-0.2, -0.15) is 0 Å². The maximum absolute atomic E-state index is 2.38. The van der Waals surface area contributed by atoms with Gasteiger partial charge in [0.05, 0.1) is 11.2 Å². The van der Waals surface area contributed by atoms with Crippen molar-refractivity contribution in [2.45, 2.75) is 0 Å². The van der Waals surface area contributed by atoms with E-state index in [-0.39, 0.29) is 0 Å². The Hall–Kier alpha value is -4.56. The number of hydrogen-bond donors (Lipinski definition) is 0. The zero-order valence-electron chi connectivity index (χ0n) is 19.5. The first-order valence-corrected chi connectivity index (χ1v) is 12.0. The number of para-hydroxylation sites is 2. The minimum Gasteiger partial charge on any atom is -0.342 e. The van der Waals surface area contributed by atoms with E-state index in [1.54, 1.807) is 0 Å². The van der Waals surface area contributed by atoms with Crippen molar-refractivity contribution in [1.29, 1.82) is 0 Å². The van der Waals surface area contributed by atoms with Crippen LogP contribution in [0.3, 0.4) is 0 Å². The van der Waals surface area contributed by atoms with Gasteiger partial charge in [0.2, 0.25) is 0 Å². The predicted molar refractivity (Wildman–Crippen MR) is 150 cm³/mol. The lowest BCUT2D eigenvalue weighted by atomic mass is 10.1. The molecule has 1 heterocycles. The highest BCUT2D eigenvalue weighted by molar-refractivity contribution is 6.16. The normalized spacial score (nSPS) is 11.6. The number of rotatable bonds is 3. The molecule has 0 spiro atoms. The van der Waals surface area contributed by atoms with Gasteiger partial charge in [-0.05, 0) is 64.0 Å². The molecule has 0 atom stereocenters. The molecule has 0 radical (unpaired) electrons. The molecular weight excluding hydrogens is 424 g/mol. The van der Waals surface area contributed by atoms with Gasteiger partial charge in [-0.25, -0.2) is 0 Å². The van der Waals surface area contributed by atoms with Crippen LogP contribution in [0.15, 0.2) is 127 Å². The van der Waals surface area contributed by atoms with Gasteiger partial charge in [-0.1, -0.05) is 84.9 Å². The molecule has 7 aromatic rings. The minimum absolute atomic E-state index is 1.14. The molecule has 0 unspecified atom stereocenters. The molecule has 6 aromatic carbocycles. The number of benzene rings is 6. The lowest BCUT2D eigenvalue weighted by Gasteiger charge is -2.27. The summed E-state index contributed by atoms with van der Waals surface area (Å²) < 4.78 is 2.35. The van der Waals surface area contributed by atoms with Crippen molar-refractivity contribution in [2.24, 2.45) is 7.05 Å². The summed E-state index contributed by atoms with van der Waals surface area (Å²) in [4.78, 5) is 2.38. The second-order valence-corrected chi connectivity index (χ2v) is 9.15. The van der Waals surface area contributed by atoms with Crippen LogP contribution in [0, 0.1) is 0 Å². The van der Waals surface area contributed by atoms with E-state index in [1.807, 2.05) is 0 Å². The molecule has 35 heavy (non-hydrogen) atoms.